The van der Waals surface area contributed by atoms with Crippen LogP contribution >= 0.6 is 27.5 Å². The topological polar surface area (TPSA) is 39.2 Å². The molecule has 0 aliphatic carbocycles. The van der Waals surface area contributed by atoms with Crippen molar-refractivity contribution < 1.29 is 4.42 Å². The van der Waals surface area contributed by atoms with Gasteiger partial charge in [-0.15, -0.1) is 0 Å². The highest BCUT2D eigenvalue weighted by Gasteiger charge is 2.17. The summed E-state index contributed by atoms with van der Waals surface area (Å²) >= 11 is 9.43. The van der Waals surface area contributed by atoms with Crippen LogP contribution in [0.5, 0.6) is 0 Å². The first-order valence-electron chi connectivity index (χ1n) is 5.26. The van der Waals surface area contributed by atoms with Crippen molar-refractivity contribution in [1.82, 2.24) is 0 Å². The summed E-state index contributed by atoms with van der Waals surface area (Å²) in [5, 5.41) is 0.768. The molecule has 0 aliphatic rings. The molecule has 2 nitrogen and oxygen atoms in total. The van der Waals surface area contributed by atoms with Gasteiger partial charge >= 0.3 is 0 Å². The molecule has 0 saturated carbocycles. The highest BCUT2D eigenvalue weighted by atomic mass is 79.9. The molecule has 0 fully saturated rings. The average Bonchev–Trinajstić information content (AvgIpc) is 2.69. The second-order valence-corrected chi connectivity index (χ2v) is 5.21. The van der Waals surface area contributed by atoms with Gasteiger partial charge in [0.25, 0.3) is 0 Å². The summed E-state index contributed by atoms with van der Waals surface area (Å²) in [4.78, 5) is 0. The van der Waals surface area contributed by atoms with E-state index < -0.39 is 0 Å². The Morgan fingerprint density at radius 2 is 1.94 bits per heavy atom. The molecule has 1 aromatic heterocycles. The number of nitrogens with two attached hydrogens (primary N) is 1. The lowest BCUT2D eigenvalue weighted by Crippen LogP contribution is -2.13. The first-order valence-corrected chi connectivity index (χ1v) is 6.43. The fraction of sp³-hybridized carbons (Fsp3) is 0.231. The van der Waals surface area contributed by atoms with Gasteiger partial charge in [0, 0.05) is 10.6 Å². The molecule has 17 heavy (non-hydrogen) atoms. The summed E-state index contributed by atoms with van der Waals surface area (Å²) in [7, 11) is 0. The van der Waals surface area contributed by atoms with Crippen molar-refractivity contribution in [3.63, 3.8) is 0 Å². The van der Waals surface area contributed by atoms with E-state index in [1.54, 1.807) is 6.26 Å². The average molecular weight is 315 g/mol. The smallest absolute Gasteiger partial charge is 0.174 e. The van der Waals surface area contributed by atoms with Gasteiger partial charge < -0.3 is 10.2 Å². The maximum absolute atomic E-state index is 6.25. The Morgan fingerprint density at radius 1 is 1.24 bits per heavy atom. The van der Waals surface area contributed by atoms with E-state index in [0.717, 1.165) is 27.3 Å². The minimum absolute atomic E-state index is 0.209. The lowest BCUT2D eigenvalue weighted by atomic mass is 9.96. The van der Waals surface area contributed by atoms with Crippen LogP contribution in [0.4, 0.5) is 0 Å². The number of rotatable bonds is 2. The highest BCUT2D eigenvalue weighted by Crippen LogP contribution is 2.31. The Balaban J connectivity index is 2.48. The van der Waals surface area contributed by atoms with E-state index >= 15 is 0 Å². The fourth-order valence-corrected chi connectivity index (χ4v) is 2.54. The standard InChI is InChI=1S/C13H13BrClNO/c1-7-6-11(15)8(2)5-10(7)12(16)9-3-4-17-13(9)14/h3-6,12H,16H2,1-2H3. The van der Waals surface area contributed by atoms with E-state index in [4.69, 9.17) is 21.8 Å². The largest absolute Gasteiger partial charge is 0.457 e. The van der Waals surface area contributed by atoms with E-state index in [0.29, 0.717) is 4.67 Å². The Hall–Kier alpha value is -0.770. The van der Waals surface area contributed by atoms with Gasteiger partial charge in [0.15, 0.2) is 4.67 Å². The first-order chi connectivity index (χ1) is 8.00. The predicted molar refractivity (Wildman–Crippen MR) is 73.4 cm³/mol. The number of aryl methyl sites for hydroxylation is 2. The second kappa shape index (κ2) is 4.84. The number of halogens is 2. The maximum atomic E-state index is 6.25. The van der Waals surface area contributed by atoms with Crippen LogP contribution in [0, 0.1) is 13.8 Å². The van der Waals surface area contributed by atoms with E-state index in [-0.39, 0.29) is 6.04 Å². The molecule has 0 spiro atoms. The Labute approximate surface area is 114 Å². The highest BCUT2D eigenvalue weighted by molar-refractivity contribution is 9.10. The van der Waals surface area contributed by atoms with E-state index in [9.17, 15) is 0 Å². The molecule has 1 unspecified atom stereocenters. The van der Waals surface area contributed by atoms with Gasteiger partial charge in [-0.25, -0.2) is 0 Å². The molecule has 1 heterocycles. The minimum Gasteiger partial charge on any atom is -0.457 e. The Bertz CT molecular complexity index is 550. The van der Waals surface area contributed by atoms with E-state index in [1.807, 2.05) is 32.0 Å². The first kappa shape index (κ1) is 12.7. The minimum atomic E-state index is -0.209. The molecular weight excluding hydrogens is 302 g/mol. The fourth-order valence-electron chi connectivity index (χ4n) is 1.83. The van der Waals surface area contributed by atoms with Crippen LogP contribution in [-0.4, -0.2) is 0 Å². The third-order valence-electron chi connectivity index (χ3n) is 2.86. The van der Waals surface area contributed by atoms with Crippen molar-refractivity contribution in [1.29, 1.82) is 0 Å². The second-order valence-electron chi connectivity index (χ2n) is 4.09. The van der Waals surface area contributed by atoms with Crippen LogP contribution in [0.3, 0.4) is 0 Å². The summed E-state index contributed by atoms with van der Waals surface area (Å²) in [6.07, 6.45) is 1.62. The van der Waals surface area contributed by atoms with Crippen LogP contribution in [0.1, 0.15) is 28.3 Å². The summed E-state index contributed by atoms with van der Waals surface area (Å²) < 4.78 is 5.89. The van der Waals surface area contributed by atoms with Crippen LogP contribution < -0.4 is 5.73 Å². The van der Waals surface area contributed by atoms with Crippen molar-refractivity contribution in [3.05, 3.63) is 56.4 Å². The number of furan rings is 1. The van der Waals surface area contributed by atoms with Crippen molar-refractivity contribution in [2.24, 2.45) is 5.73 Å². The Kier molecular flexibility index (Phi) is 3.61. The van der Waals surface area contributed by atoms with E-state index in [2.05, 4.69) is 15.9 Å². The van der Waals surface area contributed by atoms with Crippen molar-refractivity contribution in [3.8, 4) is 0 Å². The van der Waals surface area contributed by atoms with Gasteiger partial charge in [-0.05, 0) is 58.6 Å². The summed E-state index contributed by atoms with van der Waals surface area (Å²) in [5.41, 5.74) is 10.4. The predicted octanol–water partition coefficient (Wildman–Crippen LogP) is 4.36. The van der Waals surface area contributed by atoms with Crippen LogP contribution in [-0.2, 0) is 0 Å². The zero-order chi connectivity index (χ0) is 12.6. The van der Waals surface area contributed by atoms with Gasteiger partial charge in [-0.1, -0.05) is 17.7 Å². The molecule has 1 aromatic carbocycles. The normalized spacial score (nSPS) is 12.8. The lowest BCUT2D eigenvalue weighted by Gasteiger charge is -2.15. The molecular formula is C13H13BrClNO. The third kappa shape index (κ3) is 2.41. The summed E-state index contributed by atoms with van der Waals surface area (Å²) in [6.45, 7) is 3.98. The SMILES string of the molecule is Cc1cc(C(N)c2ccoc2Br)c(C)cc1Cl. The van der Waals surface area contributed by atoms with Gasteiger partial charge in [-0.3, -0.25) is 0 Å². The van der Waals surface area contributed by atoms with Crippen LogP contribution in [0.15, 0.2) is 33.5 Å². The van der Waals surface area contributed by atoms with Crippen molar-refractivity contribution in [2.75, 3.05) is 0 Å². The van der Waals surface area contributed by atoms with Gasteiger partial charge in [-0.2, -0.15) is 0 Å². The monoisotopic (exact) mass is 313 g/mol. The van der Waals surface area contributed by atoms with Crippen LogP contribution in [0.25, 0.3) is 0 Å². The molecule has 0 radical (unpaired) electrons. The molecule has 2 N–H and O–H groups in total. The summed E-state index contributed by atoms with van der Waals surface area (Å²) in [6, 6.07) is 5.64. The molecule has 2 aromatic rings. The molecule has 1 atom stereocenters. The maximum Gasteiger partial charge on any atom is 0.174 e. The molecule has 2 rings (SSSR count). The lowest BCUT2D eigenvalue weighted by molar-refractivity contribution is 0.534. The number of hydrogen-bond donors (Lipinski definition) is 1. The molecule has 0 amide bonds. The molecule has 4 heteroatoms. The molecule has 90 valence electrons. The van der Waals surface area contributed by atoms with Crippen molar-refractivity contribution in [2.45, 2.75) is 19.9 Å². The Morgan fingerprint density at radius 3 is 2.53 bits per heavy atom. The molecule has 0 bridgehead atoms. The summed E-state index contributed by atoms with van der Waals surface area (Å²) in [5.74, 6) is 0. The van der Waals surface area contributed by atoms with Gasteiger partial charge in [0.2, 0.25) is 0 Å². The zero-order valence-corrected chi connectivity index (χ0v) is 12.0. The van der Waals surface area contributed by atoms with Gasteiger partial charge in [0.1, 0.15) is 0 Å². The third-order valence-corrected chi connectivity index (χ3v) is 3.92. The van der Waals surface area contributed by atoms with Crippen molar-refractivity contribution >= 4 is 27.5 Å². The quantitative estimate of drug-likeness (QED) is 0.894. The van der Waals surface area contributed by atoms with Gasteiger partial charge in [0.05, 0.1) is 12.3 Å². The van der Waals surface area contributed by atoms with E-state index in [1.165, 1.54) is 0 Å². The molecule has 0 saturated heterocycles. The number of benzene rings is 1. The number of hydrogen-bond acceptors (Lipinski definition) is 2. The molecule has 0 aliphatic heterocycles. The van der Waals surface area contributed by atoms with Crippen LogP contribution in [0.2, 0.25) is 5.02 Å². The zero-order valence-electron chi connectivity index (χ0n) is 9.63.